The normalized spacial score (nSPS) is 17.0. The lowest BCUT2D eigenvalue weighted by Gasteiger charge is -2.26. The molecule has 1 aliphatic heterocycles. The van der Waals surface area contributed by atoms with Gasteiger partial charge in [-0.3, -0.25) is 9.59 Å². The van der Waals surface area contributed by atoms with Crippen molar-refractivity contribution >= 4 is 17.8 Å². The van der Waals surface area contributed by atoms with E-state index in [1.165, 1.54) is 16.0 Å². The molecular formula is C28H35NO4. The maximum atomic E-state index is 13.6. The molecule has 0 spiro atoms. The monoisotopic (exact) mass is 449 g/mol. The highest BCUT2D eigenvalue weighted by molar-refractivity contribution is 6.06. The fraction of sp³-hybridized carbons (Fsp3) is 0.464. The summed E-state index contributed by atoms with van der Waals surface area (Å²) in [5, 5.41) is 0. The van der Waals surface area contributed by atoms with Gasteiger partial charge in [0, 0.05) is 6.42 Å². The van der Waals surface area contributed by atoms with E-state index in [-0.39, 0.29) is 17.8 Å². The van der Waals surface area contributed by atoms with Crippen molar-refractivity contribution in [1.29, 1.82) is 0 Å². The molecule has 1 fully saturated rings. The van der Waals surface area contributed by atoms with Crippen LogP contribution in [0.15, 0.2) is 54.6 Å². The Kier molecular flexibility index (Phi) is 8.06. The van der Waals surface area contributed by atoms with Gasteiger partial charge >= 0.3 is 6.09 Å². The number of cyclic esters (lactones) is 1. The molecule has 2 amide bonds. The van der Waals surface area contributed by atoms with E-state index in [4.69, 9.17) is 4.74 Å². The number of aryl methyl sites for hydroxylation is 2. The van der Waals surface area contributed by atoms with Gasteiger partial charge < -0.3 is 4.74 Å². The first-order chi connectivity index (χ1) is 15.6. The van der Waals surface area contributed by atoms with Crippen molar-refractivity contribution in [2.75, 3.05) is 6.61 Å². The van der Waals surface area contributed by atoms with Crippen LogP contribution >= 0.6 is 0 Å². The van der Waals surface area contributed by atoms with Gasteiger partial charge in [-0.2, -0.15) is 0 Å². The Balaban J connectivity index is 1.75. The second-order valence-electron chi connectivity index (χ2n) is 10.3. The zero-order chi connectivity index (χ0) is 24.0. The second kappa shape index (κ2) is 10.8. The summed E-state index contributed by atoms with van der Waals surface area (Å²) in [4.78, 5) is 40.5. The number of carbonyl (C=O) groups excluding carboxylic acids is 3. The van der Waals surface area contributed by atoms with Gasteiger partial charge in [0.05, 0.1) is 12.0 Å². The SMILES string of the molecule is Cc1ccc(CCC[C@@H](C(=O)CC(C)(C)C)C(=O)N2C(=O)OCC2Cc2ccccc2)cc1. The Morgan fingerprint density at radius 1 is 1.03 bits per heavy atom. The number of Topliss-reactive ketones (excluding diaryl/α,β-unsaturated/α-hetero) is 1. The van der Waals surface area contributed by atoms with Crippen molar-refractivity contribution in [2.24, 2.45) is 11.3 Å². The van der Waals surface area contributed by atoms with Crippen LogP contribution in [0.2, 0.25) is 0 Å². The number of carbonyl (C=O) groups is 3. The van der Waals surface area contributed by atoms with Crippen LogP contribution in [-0.4, -0.2) is 35.3 Å². The minimum Gasteiger partial charge on any atom is -0.447 e. The van der Waals surface area contributed by atoms with Crippen molar-refractivity contribution in [1.82, 2.24) is 4.90 Å². The Morgan fingerprint density at radius 3 is 2.33 bits per heavy atom. The highest BCUT2D eigenvalue weighted by Gasteiger charge is 2.43. The molecule has 2 aromatic rings. The van der Waals surface area contributed by atoms with Gasteiger partial charge in [-0.05, 0) is 49.1 Å². The van der Waals surface area contributed by atoms with Crippen LogP contribution in [0.4, 0.5) is 4.79 Å². The smallest absolute Gasteiger partial charge is 0.417 e. The Bertz CT molecular complexity index is 960. The van der Waals surface area contributed by atoms with E-state index < -0.39 is 24.0 Å². The molecule has 5 heteroatoms. The van der Waals surface area contributed by atoms with Crippen molar-refractivity contribution < 1.29 is 19.1 Å². The summed E-state index contributed by atoms with van der Waals surface area (Å²) in [6.07, 6.45) is 2.06. The number of imide groups is 1. The zero-order valence-electron chi connectivity index (χ0n) is 20.2. The summed E-state index contributed by atoms with van der Waals surface area (Å²) < 4.78 is 5.24. The first-order valence-electron chi connectivity index (χ1n) is 11.8. The second-order valence-corrected chi connectivity index (χ2v) is 10.3. The quantitative estimate of drug-likeness (QED) is 0.472. The number of hydrogen-bond acceptors (Lipinski definition) is 4. The summed E-state index contributed by atoms with van der Waals surface area (Å²) in [6.45, 7) is 8.16. The lowest BCUT2D eigenvalue weighted by Crippen LogP contribution is -2.46. The number of ether oxygens (including phenoxy) is 1. The molecule has 1 aliphatic rings. The van der Waals surface area contributed by atoms with Gasteiger partial charge in [0.1, 0.15) is 12.4 Å². The maximum Gasteiger partial charge on any atom is 0.417 e. The standard InChI is InChI=1S/C28H35NO4/c1-20-13-15-21(16-14-20)11-8-12-24(25(30)18-28(2,3)4)26(31)29-23(19-33-27(29)32)17-22-9-6-5-7-10-22/h5-7,9-10,13-16,23-24H,8,11-12,17-19H2,1-4H3/t23?,24-/m0/s1. The molecule has 0 saturated carbocycles. The van der Waals surface area contributed by atoms with E-state index in [1.807, 2.05) is 58.0 Å². The Hall–Kier alpha value is -2.95. The molecule has 5 nitrogen and oxygen atoms in total. The number of rotatable bonds is 9. The third-order valence-corrected chi connectivity index (χ3v) is 5.98. The van der Waals surface area contributed by atoms with Gasteiger partial charge in [0.25, 0.3) is 0 Å². The van der Waals surface area contributed by atoms with Gasteiger partial charge in [0.15, 0.2) is 0 Å². The minimum atomic E-state index is -0.835. The summed E-state index contributed by atoms with van der Waals surface area (Å²) >= 11 is 0. The van der Waals surface area contributed by atoms with Gasteiger partial charge in [-0.1, -0.05) is 80.9 Å². The fourth-order valence-electron chi connectivity index (χ4n) is 4.27. The molecule has 1 unspecified atom stereocenters. The zero-order valence-corrected chi connectivity index (χ0v) is 20.2. The van der Waals surface area contributed by atoms with Crippen LogP contribution in [0, 0.1) is 18.3 Å². The van der Waals surface area contributed by atoms with Gasteiger partial charge in [-0.25, -0.2) is 9.69 Å². The van der Waals surface area contributed by atoms with Crippen molar-refractivity contribution in [3.63, 3.8) is 0 Å². The lowest BCUT2D eigenvalue weighted by molar-refractivity contribution is -0.140. The Labute approximate surface area is 197 Å². The van der Waals surface area contributed by atoms with Crippen LogP contribution in [-0.2, 0) is 27.2 Å². The third kappa shape index (κ3) is 7.01. The summed E-state index contributed by atoms with van der Waals surface area (Å²) in [5.41, 5.74) is 3.17. The Morgan fingerprint density at radius 2 is 1.70 bits per heavy atom. The van der Waals surface area contributed by atoms with Crippen LogP contribution in [0.3, 0.4) is 0 Å². The predicted octanol–water partition coefficient (Wildman–Crippen LogP) is 5.53. The number of ketones is 1. The summed E-state index contributed by atoms with van der Waals surface area (Å²) in [6, 6.07) is 17.6. The highest BCUT2D eigenvalue weighted by atomic mass is 16.6. The van der Waals surface area contributed by atoms with E-state index in [2.05, 4.69) is 24.3 Å². The molecule has 0 radical (unpaired) electrons. The molecule has 0 bridgehead atoms. The van der Waals surface area contributed by atoms with Crippen LogP contribution in [0.5, 0.6) is 0 Å². The van der Waals surface area contributed by atoms with Crippen molar-refractivity contribution in [3.05, 3.63) is 71.3 Å². The van der Waals surface area contributed by atoms with Gasteiger partial charge in [-0.15, -0.1) is 0 Å². The largest absolute Gasteiger partial charge is 0.447 e. The van der Waals surface area contributed by atoms with Crippen LogP contribution < -0.4 is 0 Å². The molecule has 2 aromatic carbocycles. The van der Waals surface area contributed by atoms with E-state index in [0.29, 0.717) is 25.7 Å². The molecule has 176 valence electrons. The first kappa shape index (κ1) is 24.7. The molecule has 1 saturated heterocycles. The van der Waals surface area contributed by atoms with Crippen LogP contribution in [0.25, 0.3) is 0 Å². The average molecular weight is 450 g/mol. The molecule has 33 heavy (non-hydrogen) atoms. The number of hydrogen-bond donors (Lipinski definition) is 0. The van der Waals surface area contributed by atoms with Crippen molar-refractivity contribution in [3.8, 4) is 0 Å². The molecule has 3 rings (SSSR count). The topological polar surface area (TPSA) is 63.7 Å². The molecule has 2 atom stereocenters. The predicted molar refractivity (Wildman–Crippen MR) is 129 cm³/mol. The fourth-order valence-corrected chi connectivity index (χ4v) is 4.27. The van der Waals surface area contributed by atoms with Crippen molar-refractivity contribution in [2.45, 2.75) is 65.8 Å². The van der Waals surface area contributed by atoms with E-state index in [1.54, 1.807) is 0 Å². The highest BCUT2D eigenvalue weighted by Crippen LogP contribution is 2.27. The van der Waals surface area contributed by atoms with Gasteiger partial charge in [0.2, 0.25) is 5.91 Å². The van der Waals surface area contributed by atoms with E-state index in [9.17, 15) is 14.4 Å². The van der Waals surface area contributed by atoms with E-state index in [0.717, 1.165) is 12.0 Å². The minimum absolute atomic E-state index is 0.102. The molecule has 0 aromatic heterocycles. The summed E-state index contributed by atoms with van der Waals surface area (Å²) in [5.74, 6) is -1.36. The average Bonchev–Trinajstić information content (AvgIpc) is 3.11. The number of amides is 2. The molecule has 0 aliphatic carbocycles. The number of benzene rings is 2. The summed E-state index contributed by atoms with van der Waals surface area (Å²) in [7, 11) is 0. The van der Waals surface area contributed by atoms with E-state index >= 15 is 0 Å². The van der Waals surface area contributed by atoms with Crippen LogP contribution in [0.1, 0.15) is 56.7 Å². The third-order valence-electron chi connectivity index (χ3n) is 5.98. The molecule has 0 N–H and O–H groups in total. The maximum absolute atomic E-state index is 13.6. The molecule has 1 heterocycles. The molecular weight excluding hydrogens is 414 g/mol. The number of nitrogens with zero attached hydrogens (tertiary/aromatic N) is 1. The lowest BCUT2D eigenvalue weighted by atomic mass is 9.83. The first-order valence-corrected chi connectivity index (χ1v) is 11.8.